The minimum Gasteiger partial charge on any atom is -0.370 e. The Morgan fingerprint density at radius 1 is 0.537 bits per heavy atom. The Morgan fingerprint density at radius 2 is 1.01 bits per heavy atom. The number of guanidine groups is 1. The van der Waals surface area contributed by atoms with Gasteiger partial charge in [0, 0.05) is 45.3 Å². The number of unbranched alkanes of at least 4 members (excludes halogenated alkanes) is 1. The third kappa shape index (κ3) is 27.5. The van der Waals surface area contributed by atoms with E-state index in [1.165, 1.54) is 21.6 Å². The molecule has 0 spiro atoms. The quantitative estimate of drug-likeness (QED) is 0.0173. The van der Waals surface area contributed by atoms with Crippen LogP contribution in [0.2, 0.25) is 0 Å². The average molecular weight is 1350 g/mol. The molecule has 2 aromatic rings. The molecule has 0 unspecified atom stereocenters. The molecule has 524 valence electrons. The zero-order chi connectivity index (χ0) is 70.1. The summed E-state index contributed by atoms with van der Waals surface area (Å²) in [6.07, 6.45) is 3.12. The summed E-state index contributed by atoms with van der Waals surface area (Å²) in [5, 5.41) is 21.1. The molecule has 31 nitrogen and oxygen atoms in total. The van der Waals surface area contributed by atoms with Crippen LogP contribution in [-0.2, 0) is 75.2 Å². The summed E-state index contributed by atoms with van der Waals surface area (Å²) in [7, 11) is 0. The number of nitrogens with one attached hydrogen (secondary N) is 8. The predicted molar refractivity (Wildman–Crippen MR) is 356 cm³/mol. The van der Waals surface area contributed by atoms with Crippen LogP contribution < -0.4 is 82.7 Å². The van der Waals surface area contributed by atoms with E-state index < -0.39 is 169 Å². The van der Waals surface area contributed by atoms with Crippen molar-refractivity contribution >= 4 is 94.5 Å². The molecule has 2 aromatic carbocycles. The normalized spacial score (nSPS) is 16.8. The summed E-state index contributed by atoms with van der Waals surface area (Å²) >= 11 is 1.45. The minimum atomic E-state index is -1.64. The molecule has 95 heavy (non-hydrogen) atoms. The highest BCUT2D eigenvalue weighted by atomic mass is 32.2. The Kier molecular flexibility index (Phi) is 33.9. The first kappa shape index (κ1) is 78.5. The summed E-state index contributed by atoms with van der Waals surface area (Å²) in [6, 6.07) is 4.51. The van der Waals surface area contributed by atoms with E-state index in [0.717, 1.165) is 0 Å². The molecule has 32 heteroatoms. The number of likely N-dealkylation sites (tertiary alicyclic amines) is 2. The zero-order valence-corrected chi connectivity index (χ0v) is 55.3. The highest BCUT2D eigenvalue weighted by Gasteiger charge is 2.42. The maximum absolute atomic E-state index is 14.7. The lowest BCUT2D eigenvalue weighted by Gasteiger charge is -2.32. The number of nitrogens with two attached hydrogens (primary N) is 7. The van der Waals surface area contributed by atoms with Gasteiger partial charge in [0.15, 0.2) is 5.96 Å². The molecule has 0 radical (unpaired) electrons. The second kappa shape index (κ2) is 41.0. The van der Waals surface area contributed by atoms with Crippen molar-refractivity contribution in [3.8, 4) is 0 Å². The number of amides is 13. The first-order valence-corrected chi connectivity index (χ1v) is 33.6. The fourth-order valence-electron chi connectivity index (χ4n) is 11.0. The minimum absolute atomic E-state index is 0.0736. The van der Waals surface area contributed by atoms with Crippen molar-refractivity contribution in [2.45, 2.75) is 183 Å². The van der Waals surface area contributed by atoms with E-state index in [0.29, 0.717) is 55.4 Å². The van der Waals surface area contributed by atoms with Gasteiger partial charge in [-0.2, -0.15) is 11.8 Å². The maximum Gasteiger partial charge on any atom is 0.245 e. The van der Waals surface area contributed by atoms with E-state index >= 15 is 0 Å². The number of rotatable bonds is 42. The zero-order valence-electron chi connectivity index (χ0n) is 54.5. The summed E-state index contributed by atoms with van der Waals surface area (Å²) in [4.78, 5) is 185. The third-order valence-corrected chi connectivity index (χ3v) is 16.7. The molecular formula is C63H98N18O13S. The van der Waals surface area contributed by atoms with Crippen molar-refractivity contribution in [1.29, 1.82) is 0 Å². The fraction of sp³-hybridized carbons (Fsp3) is 0.587. The molecule has 0 aliphatic carbocycles. The van der Waals surface area contributed by atoms with Crippen LogP contribution in [0.3, 0.4) is 0 Å². The molecular weight excluding hydrogens is 1250 g/mol. The molecule has 0 saturated carbocycles. The lowest BCUT2D eigenvalue weighted by Crippen LogP contribution is -2.60. The number of nitrogens with zero attached hydrogens (tertiary/aromatic N) is 3. The van der Waals surface area contributed by atoms with E-state index in [9.17, 15) is 62.3 Å². The van der Waals surface area contributed by atoms with Gasteiger partial charge in [0.2, 0.25) is 76.8 Å². The Labute approximate surface area is 558 Å². The lowest BCUT2D eigenvalue weighted by atomic mass is 10.0. The van der Waals surface area contributed by atoms with Crippen LogP contribution in [0.5, 0.6) is 0 Å². The summed E-state index contributed by atoms with van der Waals surface area (Å²) in [5.41, 5.74) is 40.6. The topological polar surface area (TPSA) is 519 Å². The van der Waals surface area contributed by atoms with Crippen LogP contribution in [0.4, 0.5) is 0 Å². The molecule has 10 atom stereocenters. The number of thioether (sulfide) groups is 1. The number of hydrogen-bond acceptors (Lipinski definition) is 17. The molecule has 22 N–H and O–H groups in total. The molecule has 2 saturated heterocycles. The van der Waals surface area contributed by atoms with E-state index in [-0.39, 0.29) is 83.0 Å². The van der Waals surface area contributed by atoms with Crippen LogP contribution in [-0.4, -0.2) is 198 Å². The first-order chi connectivity index (χ1) is 45.2. The molecule has 13 amide bonds. The largest absolute Gasteiger partial charge is 0.370 e. The summed E-state index contributed by atoms with van der Waals surface area (Å²) in [6.45, 7) is 3.86. The van der Waals surface area contributed by atoms with Crippen molar-refractivity contribution in [3.63, 3.8) is 0 Å². The van der Waals surface area contributed by atoms with Crippen molar-refractivity contribution in [2.24, 2.45) is 51.0 Å². The molecule has 2 heterocycles. The standard InChI is InChI=1S/C63H98N18O13S/c1-37(2)33-45(57(89)74-41(53(68)85)27-32-95-3)73-52(84)36-72-54(86)46(34-38-15-6-4-7-16-38)78-58(90)47(35-39-17-8-5-9-18-39)79-56(88)42(23-25-50(66)82)75-55(87)43(24-26-51(67)83)76-59(91)49-22-14-31-81(49)62(94)44(20-10-11-28-64)77-60(92)48-21-13-30-80(48)61(93)40(65)19-12-29-71-63(69)70/h4-9,15-18,37,40-49H,10-14,19-36,64-65H2,1-3H3,(H2,66,82)(H2,67,83)(H2,68,85)(H,72,86)(H,73,84)(H,74,89)(H,75,87)(H,76,91)(H,77,92)(H,78,90)(H,79,88)(H4,69,70,71)/t40-,41+,42+,43-,44+,45-,46-,47+,48-,49-/m1/s1. The summed E-state index contributed by atoms with van der Waals surface area (Å²) < 4.78 is 0. The lowest BCUT2D eigenvalue weighted by molar-refractivity contribution is -0.144. The van der Waals surface area contributed by atoms with Gasteiger partial charge in [0.05, 0.1) is 12.6 Å². The second-order valence-electron chi connectivity index (χ2n) is 24.1. The monoisotopic (exact) mass is 1350 g/mol. The van der Waals surface area contributed by atoms with E-state index in [2.05, 4.69) is 47.5 Å². The predicted octanol–water partition coefficient (Wildman–Crippen LogP) is -3.71. The average Bonchev–Trinajstić information content (AvgIpc) is 1.74. The molecule has 4 rings (SSSR count). The van der Waals surface area contributed by atoms with Gasteiger partial charge in [-0.25, -0.2) is 0 Å². The molecule has 2 fully saturated rings. The second-order valence-corrected chi connectivity index (χ2v) is 25.1. The number of hydrogen-bond donors (Lipinski definition) is 15. The Morgan fingerprint density at radius 3 is 1.51 bits per heavy atom. The van der Waals surface area contributed by atoms with Crippen molar-refractivity contribution in [1.82, 2.24) is 52.3 Å². The van der Waals surface area contributed by atoms with Gasteiger partial charge in [0.25, 0.3) is 0 Å². The van der Waals surface area contributed by atoms with Crippen molar-refractivity contribution in [3.05, 3.63) is 71.8 Å². The number of benzene rings is 2. The Hall–Kier alpha value is -8.91. The van der Waals surface area contributed by atoms with Crippen molar-refractivity contribution < 1.29 is 62.3 Å². The fourth-order valence-corrected chi connectivity index (χ4v) is 11.5. The van der Waals surface area contributed by atoms with Crippen molar-refractivity contribution in [2.75, 3.05) is 44.7 Å². The highest BCUT2D eigenvalue weighted by Crippen LogP contribution is 2.24. The van der Waals surface area contributed by atoms with Gasteiger partial charge in [-0.1, -0.05) is 74.5 Å². The SMILES string of the molecule is CSCC[C@H](NC(=O)[C@@H](CC(C)C)NC(=O)CNC(=O)[C@@H](Cc1ccccc1)NC(=O)[C@H](Cc1ccccc1)NC(=O)[C@H](CCC(N)=O)NC(=O)[C@@H](CCC(N)=O)NC(=O)[C@H]1CCCN1C(=O)[C@H](CCCCN)NC(=O)[C@H]1CCCN1C(=O)[C@H](N)CCCN=C(N)N)C(N)=O. The van der Waals surface area contributed by atoms with Gasteiger partial charge in [-0.15, -0.1) is 0 Å². The molecule has 2 aliphatic heterocycles. The number of carbonyl (C=O) groups is 13. The first-order valence-electron chi connectivity index (χ1n) is 32.2. The molecule has 2 aliphatic rings. The van der Waals surface area contributed by atoms with E-state index in [1.807, 2.05) is 20.1 Å². The van der Waals surface area contributed by atoms with Gasteiger partial charge < -0.3 is 92.5 Å². The summed E-state index contributed by atoms with van der Waals surface area (Å²) in [5.74, 6) is -9.80. The number of carbonyl (C=O) groups excluding carboxylic acids is 13. The van der Waals surface area contributed by atoms with Crippen LogP contribution in [0, 0.1) is 5.92 Å². The van der Waals surface area contributed by atoms with Gasteiger partial charge >= 0.3 is 0 Å². The van der Waals surface area contributed by atoms with Gasteiger partial charge in [-0.05, 0) is 119 Å². The van der Waals surface area contributed by atoms with Gasteiger partial charge in [0.1, 0.15) is 54.4 Å². The van der Waals surface area contributed by atoms with Crippen LogP contribution in [0.25, 0.3) is 0 Å². The Bertz CT molecular complexity index is 2960. The number of primary amides is 3. The van der Waals surface area contributed by atoms with Gasteiger partial charge in [-0.3, -0.25) is 67.3 Å². The third-order valence-electron chi connectivity index (χ3n) is 16.0. The van der Waals surface area contributed by atoms with Crippen LogP contribution in [0.1, 0.15) is 121 Å². The molecule has 0 bridgehead atoms. The number of aliphatic imine (C=N–C) groups is 1. The Balaban J connectivity index is 1.56. The van der Waals surface area contributed by atoms with E-state index in [4.69, 9.17) is 40.1 Å². The smallest absolute Gasteiger partial charge is 0.245 e. The molecule has 0 aromatic heterocycles. The highest BCUT2D eigenvalue weighted by molar-refractivity contribution is 7.98. The van der Waals surface area contributed by atoms with Crippen LogP contribution >= 0.6 is 11.8 Å². The van der Waals surface area contributed by atoms with Crippen LogP contribution in [0.15, 0.2) is 65.7 Å². The maximum atomic E-state index is 14.7. The van der Waals surface area contributed by atoms with E-state index in [1.54, 1.807) is 60.7 Å².